The van der Waals surface area contributed by atoms with E-state index in [2.05, 4.69) is 0 Å². The van der Waals surface area contributed by atoms with E-state index < -0.39 is 29.2 Å². The number of methoxy groups -OCH3 is 2. The van der Waals surface area contributed by atoms with Gasteiger partial charge in [0.1, 0.15) is 28.8 Å². The molecule has 0 unspecified atom stereocenters. The van der Waals surface area contributed by atoms with Crippen molar-refractivity contribution in [3.8, 4) is 11.5 Å². The summed E-state index contributed by atoms with van der Waals surface area (Å²) >= 11 is 0. The fraction of sp³-hybridized carbons (Fsp3) is 0.171. The number of ketones is 3. The van der Waals surface area contributed by atoms with Gasteiger partial charge in [0.15, 0.2) is 17.3 Å². The highest BCUT2D eigenvalue weighted by Gasteiger charge is 2.72. The van der Waals surface area contributed by atoms with Crippen molar-refractivity contribution in [2.24, 2.45) is 5.41 Å². The van der Waals surface area contributed by atoms with E-state index in [9.17, 15) is 18.8 Å². The molecule has 0 bridgehead atoms. The highest BCUT2D eigenvalue weighted by atomic mass is 19.1. The number of rotatable bonds is 5. The lowest BCUT2D eigenvalue weighted by molar-refractivity contribution is 0.0664. The Hall–Kier alpha value is -5.04. The van der Waals surface area contributed by atoms with Gasteiger partial charge in [-0.15, -0.1) is 0 Å². The van der Waals surface area contributed by atoms with Crippen molar-refractivity contribution in [3.05, 3.63) is 131 Å². The highest BCUT2D eigenvalue weighted by Crippen LogP contribution is 2.62. The van der Waals surface area contributed by atoms with Gasteiger partial charge >= 0.3 is 0 Å². The molecule has 0 aromatic heterocycles. The molecule has 0 saturated carbocycles. The molecule has 4 aromatic carbocycles. The quantitative estimate of drug-likeness (QED) is 0.216. The van der Waals surface area contributed by atoms with Crippen molar-refractivity contribution in [3.63, 3.8) is 0 Å². The molecule has 3 aliphatic rings. The summed E-state index contributed by atoms with van der Waals surface area (Å²) < 4.78 is 25.3. The Balaban J connectivity index is 1.58. The maximum atomic E-state index is 14.8. The van der Waals surface area contributed by atoms with E-state index in [1.807, 2.05) is 41.3 Å². The number of Topliss-reactive ketones (excluding diaryl/α,β-unsaturated/α-hetero) is 3. The van der Waals surface area contributed by atoms with E-state index in [0.717, 1.165) is 11.3 Å². The van der Waals surface area contributed by atoms with Crippen molar-refractivity contribution in [1.29, 1.82) is 0 Å². The maximum Gasteiger partial charge on any atom is 0.185 e. The molecule has 0 N–H and O–H groups in total. The van der Waals surface area contributed by atoms with Crippen LogP contribution in [-0.2, 0) is 0 Å². The van der Waals surface area contributed by atoms with Gasteiger partial charge in [-0.1, -0.05) is 54.6 Å². The Kier molecular flexibility index (Phi) is 5.87. The molecular formula is C35H26FNO5. The zero-order valence-electron chi connectivity index (χ0n) is 22.9. The van der Waals surface area contributed by atoms with Crippen molar-refractivity contribution in [2.45, 2.75) is 18.0 Å². The number of halogens is 1. The van der Waals surface area contributed by atoms with Crippen LogP contribution in [0.1, 0.15) is 48.1 Å². The molecule has 1 aliphatic carbocycles. The van der Waals surface area contributed by atoms with E-state index in [1.165, 1.54) is 38.5 Å². The van der Waals surface area contributed by atoms with Crippen LogP contribution in [0.3, 0.4) is 0 Å². The topological polar surface area (TPSA) is 72.9 Å². The summed E-state index contributed by atoms with van der Waals surface area (Å²) in [7, 11) is 3.04. The molecule has 208 valence electrons. The monoisotopic (exact) mass is 559 g/mol. The van der Waals surface area contributed by atoms with Gasteiger partial charge in [0.05, 0.1) is 20.3 Å². The molecule has 2 heterocycles. The average molecular weight is 560 g/mol. The Morgan fingerprint density at radius 2 is 1.50 bits per heavy atom. The van der Waals surface area contributed by atoms with E-state index in [0.29, 0.717) is 28.2 Å². The van der Waals surface area contributed by atoms with E-state index in [-0.39, 0.29) is 22.9 Å². The van der Waals surface area contributed by atoms with Crippen LogP contribution in [0.4, 0.5) is 10.1 Å². The molecule has 1 saturated heterocycles. The minimum absolute atomic E-state index is 0.270. The molecule has 2 aliphatic heterocycles. The Morgan fingerprint density at radius 3 is 2.17 bits per heavy atom. The molecule has 4 aromatic rings. The van der Waals surface area contributed by atoms with Gasteiger partial charge < -0.3 is 14.4 Å². The summed E-state index contributed by atoms with van der Waals surface area (Å²) in [6, 6.07) is 23.2. The van der Waals surface area contributed by atoms with Gasteiger partial charge in [-0.05, 0) is 54.1 Å². The van der Waals surface area contributed by atoms with E-state index in [1.54, 1.807) is 42.5 Å². The second-order valence-corrected chi connectivity index (χ2v) is 10.7. The van der Waals surface area contributed by atoms with Crippen molar-refractivity contribution in [2.75, 3.05) is 19.1 Å². The van der Waals surface area contributed by atoms with Crippen LogP contribution < -0.4 is 14.4 Å². The first-order valence-corrected chi connectivity index (χ1v) is 13.7. The summed E-state index contributed by atoms with van der Waals surface area (Å²) in [5, 5.41) is 0. The SMILES string of the molecule is COc1ccc(OC)c([C@@H]2[C@@H](C(=O)c3ccc(F)cc3)N3c4ccccc4C=C[C@H]3C23C(=O)c2ccccc2C3=O)c1. The number of para-hydroxylation sites is 1. The Labute approximate surface area is 242 Å². The standard InChI is InChI=1S/C35H26FNO5/c1-41-23-16-17-28(42-2)26(19-23)30-31(32(38)21-11-14-22(36)15-12-21)37-27-10-6-3-7-20(27)13-18-29(37)35(30)33(39)24-8-4-5-9-25(24)34(35)40/h3-19,29-31H,1-2H3/t29-,30+,31-/m0/s1. The van der Waals surface area contributed by atoms with Crippen LogP contribution in [0.5, 0.6) is 11.5 Å². The zero-order valence-corrected chi connectivity index (χ0v) is 22.9. The number of anilines is 1. The predicted octanol–water partition coefficient (Wildman–Crippen LogP) is 6.16. The number of carbonyl (C=O) groups is 3. The molecule has 7 rings (SSSR count). The normalized spacial score (nSPS) is 21.2. The largest absolute Gasteiger partial charge is 0.497 e. The van der Waals surface area contributed by atoms with Gasteiger partial charge in [-0.25, -0.2) is 4.39 Å². The molecule has 0 amide bonds. The number of nitrogens with zero attached hydrogens (tertiary/aromatic N) is 1. The lowest BCUT2D eigenvalue weighted by Gasteiger charge is -2.37. The number of hydrogen-bond acceptors (Lipinski definition) is 6. The van der Waals surface area contributed by atoms with Crippen LogP contribution in [0, 0.1) is 11.2 Å². The molecule has 42 heavy (non-hydrogen) atoms. The third-order valence-corrected chi connectivity index (χ3v) is 8.88. The fourth-order valence-corrected chi connectivity index (χ4v) is 7.13. The number of fused-ring (bicyclic) bond motifs is 5. The van der Waals surface area contributed by atoms with Crippen LogP contribution >= 0.6 is 0 Å². The lowest BCUT2D eigenvalue weighted by Crippen LogP contribution is -2.48. The smallest absolute Gasteiger partial charge is 0.185 e. The van der Waals surface area contributed by atoms with Crippen LogP contribution in [0.25, 0.3) is 6.08 Å². The predicted molar refractivity (Wildman–Crippen MR) is 156 cm³/mol. The first-order chi connectivity index (χ1) is 20.4. The average Bonchev–Trinajstić information content (AvgIpc) is 3.46. The van der Waals surface area contributed by atoms with Crippen molar-refractivity contribution >= 4 is 29.1 Å². The number of carbonyl (C=O) groups excluding carboxylic acids is 3. The molecular weight excluding hydrogens is 533 g/mol. The molecule has 0 radical (unpaired) electrons. The van der Waals surface area contributed by atoms with Gasteiger partial charge in [0.2, 0.25) is 0 Å². The van der Waals surface area contributed by atoms with Crippen molar-refractivity contribution in [1.82, 2.24) is 0 Å². The van der Waals surface area contributed by atoms with E-state index >= 15 is 0 Å². The maximum absolute atomic E-state index is 14.8. The summed E-state index contributed by atoms with van der Waals surface area (Å²) in [5.41, 5.74) is 1.33. The molecule has 1 fully saturated rings. The van der Waals surface area contributed by atoms with Crippen LogP contribution in [-0.4, -0.2) is 43.7 Å². The third kappa shape index (κ3) is 3.40. The Bertz CT molecular complexity index is 1780. The summed E-state index contributed by atoms with van der Waals surface area (Å²) in [4.78, 5) is 46.2. The van der Waals surface area contributed by atoms with Gasteiger partial charge in [0.25, 0.3) is 0 Å². The number of ether oxygens (including phenoxy) is 2. The first kappa shape index (κ1) is 25.9. The number of hydrogen-bond donors (Lipinski definition) is 0. The summed E-state index contributed by atoms with van der Waals surface area (Å²) in [5.74, 6) is -1.56. The lowest BCUT2D eigenvalue weighted by atomic mass is 9.64. The fourth-order valence-electron chi connectivity index (χ4n) is 7.13. The minimum atomic E-state index is -1.69. The molecule has 1 spiro atoms. The van der Waals surface area contributed by atoms with Crippen LogP contribution in [0.15, 0.2) is 97.1 Å². The van der Waals surface area contributed by atoms with Gasteiger partial charge in [-0.3, -0.25) is 14.4 Å². The second kappa shape index (κ2) is 9.52. The summed E-state index contributed by atoms with van der Waals surface area (Å²) in [6.45, 7) is 0. The Morgan fingerprint density at radius 1 is 0.833 bits per heavy atom. The minimum Gasteiger partial charge on any atom is -0.497 e. The second-order valence-electron chi connectivity index (χ2n) is 10.7. The highest BCUT2D eigenvalue weighted by molar-refractivity contribution is 6.32. The van der Waals surface area contributed by atoms with E-state index in [4.69, 9.17) is 9.47 Å². The van der Waals surface area contributed by atoms with Gasteiger partial charge in [-0.2, -0.15) is 0 Å². The third-order valence-electron chi connectivity index (χ3n) is 8.88. The van der Waals surface area contributed by atoms with Crippen LogP contribution in [0.2, 0.25) is 0 Å². The van der Waals surface area contributed by atoms with Crippen molar-refractivity contribution < 1.29 is 28.2 Å². The zero-order chi connectivity index (χ0) is 29.2. The number of benzene rings is 4. The summed E-state index contributed by atoms with van der Waals surface area (Å²) in [6.07, 6.45) is 3.77. The van der Waals surface area contributed by atoms with Gasteiger partial charge in [0, 0.05) is 33.9 Å². The first-order valence-electron chi connectivity index (χ1n) is 13.7. The molecule has 7 heteroatoms. The molecule has 3 atom stereocenters. The molecule has 6 nitrogen and oxygen atoms in total.